The number of imidazole rings is 1. The Morgan fingerprint density at radius 1 is 1.04 bits per heavy atom. The molecule has 2 amide bonds. The number of benzene rings is 1. The fourth-order valence-electron chi connectivity index (χ4n) is 2.74. The Morgan fingerprint density at radius 2 is 1.77 bits per heavy atom. The highest BCUT2D eigenvalue weighted by molar-refractivity contribution is 6.02. The van der Waals surface area contributed by atoms with E-state index >= 15 is 0 Å². The number of rotatable bonds is 6. The summed E-state index contributed by atoms with van der Waals surface area (Å²) in [6.45, 7) is 4.26. The molecule has 3 aromatic rings. The van der Waals surface area contributed by atoms with Gasteiger partial charge in [0.05, 0.1) is 5.52 Å². The van der Waals surface area contributed by atoms with Gasteiger partial charge in [0.2, 0.25) is 5.82 Å². The molecule has 0 bridgehead atoms. The second kappa shape index (κ2) is 7.82. The number of nitrogens with one attached hydrogen (secondary N) is 2. The van der Waals surface area contributed by atoms with Crippen molar-refractivity contribution in [3.63, 3.8) is 0 Å². The van der Waals surface area contributed by atoms with Crippen molar-refractivity contribution >= 4 is 17.3 Å². The van der Waals surface area contributed by atoms with Crippen molar-refractivity contribution in [3.05, 3.63) is 71.8 Å². The van der Waals surface area contributed by atoms with Crippen LogP contribution in [0.2, 0.25) is 0 Å². The van der Waals surface area contributed by atoms with E-state index in [1.165, 1.54) is 0 Å². The second-order valence-electron chi connectivity index (χ2n) is 6.36. The molecule has 6 nitrogen and oxygen atoms in total. The summed E-state index contributed by atoms with van der Waals surface area (Å²) >= 11 is 0. The number of aromatic nitrogens is 2. The molecule has 0 aliphatic rings. The highest BCUT2D eigenvalue weighted by Gasteiger charge is 2.21. The van der Waals surface area contributed by atoms with Crippen molar-refractivity contribution in [2.24, 2.45) is 0 Å². The standard InChI is InChI=1S/C20H22N4O2/c1-14(2)22-19(25)17-16-10-6-7-13-24(16)18(23-17)20(26)21-12-11-15-8-4-3-5-9-15/h3-10,13-14H,11-12H2,1-2H3,(H,21,26)(H,22,25). The van der Waals surface area contributed by atoms with E-state index in [1.54, 1.807) is 22.7 Å². The Kier molecular flexibility index (Phi) is 5.31. The van der Waals surface area contributed by atoms with Crippen LogP contribution in [-0.4, -0.2) is 33.8 Å². The Morgan fingerprint density at radius 3 is 2.50 bits per heavy atom. The number of nitrogens with zero attached hydrogens (tertiary/aromatic N) is 2. The zero-order valence-electron chi connectivity index (χ0n) is 14.9. The lowest BCUT2D eigenvalue weighted by molar-refractivity contribution is 0.0940. The molecule has 3 rings (SSSR count). The number of fused-ring (bicyclic) bond motifs is 1. The molecule has 0 unspecified atom stereocenters. The van der Waals surface area contributed by atoms with E-state index < -0.39 is 0 Å². The molecule has 0 radical (unpaired) electrons. The average molecular weight is 350 g/mol. The summed E-state index contributed by atoms with van der Waals surface area (Å²) in [5, 5.41) is 5.70. The predicted molar refractivity (Wildman–Crippen MR) is 100 cm³/mol. The summed E-state index contributed by atoms with van der Waals surface area (Å²) in [5.74, 6) is -0.375. The van der Waals surface area contributed by atoms with E-state index in [0.29, 0.717) is 12.1 Å². The van der Waals surface area contributed by atoms with Crippen LogP contribution in [-0.2, 0) is 6.42 Å². The van der Waals surface area contributed by atoms with Crippen LogP contribution in [0.25, 0.3) is 5.52 Å². The molecule has 6 heteroatoms. The molecule has 0 saturated carbocycles. The molecule has 2 heterocycles. The molecule has 2 N–H and O–H groups in total. The van der Waals surface area contributed by atoms with Crippen LogP contribution in [0.4, 0.5) is 0 Å². The van der Waals surface area contributed by atoms with Crippen LogP contribution < -0.4 is 10.6 Å². The first kappa shape index (κ1) is 17.7. The maximum absolute atomic E-state index is 12.6. The van der Waals surface area contributed by atoms with Gasteiger partial charge in [0.15, 0.2) is 5.69 Å². The topological polar surface area (TPSA) is 75.5 Å². The van der Waals surface area contributed by atoms with Crippen molar-refractivity contribution in [2.45, 2.75) is 26.3 Å². The summed E-state index contributed by atoms with van der Waals surface area (Å²) < 4.78 is 1.65. The molecule has 0 spiro atoms. The normalized spacial score (nSPS) is 10.9. The van der Waals surface area contributed by atoms with E-state index in [-0.39, 0.29) is 29.4 Å². The Labute approximate surface area is 152 Å². The van der Waals surface area contributed by atoms with Gasteiger partial charge in [-0.2, -0.15) is 0 Å². The molecule has 1 aromatic carbocycles. The lowest BCUT2D eigenvalue weighted by Crippen LogP contribution is -2.31. The minimum absolute atomic E-state index is 0.00823. The van der Waals surface area contributed by atoms with Gasteiger partial charge in [-0.1, -0.05) is 36.4 Å². The van der Waals surface area contributed by atoms with Gasteiger partial charge in [-0.15, -0.1) is 0 Å². The van der Waals surface area contributed by atoms with E-state index in [0.717, 1.165) is 12.0 Å². The zero-order chi connectivity index (χ0) is 18.5. The third kappa shape index (κ3) is 3.91. The highest BCUT2D eigenvalue weighted by Crippen LogP contribution is 2.13. The fourth-order valence-corrected chi connectivity index (χ4v) is 2.74. The minimum atomic E-state index is -0.300. The average Bonchev–Trinajstić information content (AvgIpc) is 3.02. The molecule has 26 heavy (non-hydrogen) atoms. The largest absolute Gasteiger partial charge is 0.349 e. The van der Waals surface area contributed by atoms with Crippen molar-refractivity contribution < 1.29 is 9.59 Å². The van der Waals surface area contributed by atoms with Gasteiger partial charge < -0.3 is 10.6 Å². The van der Waals surface area contributed by atoms with E-state index in [9.17, 15) is 9.59 Å². The van der Waals surface area contributed by atoms with Crippen molar-refractivity contribution in [3.8, 4) is 0 Å². The number of hydrogen-bond donors (Lipinski definition) is 2. The Balaban J connectivity index is 1.78. The summed E-state index contributed by atoms with van der Waals surface area (Å²) in [4.78, 5) is 29.3. The highest BCUT2D eigenvalue weighted by atomic mass is 16.2. The quantitative estimate of drug-likeness (QED) is 0.717. The van der Waals surface area contributed by atoms with Crippen LogP contribution in [0.1, 0.15) is 40.5 Å². The molecule has 2 aromatic heterocycles. The van der Waals surface area contributed by atoms with Crippen LogP contribution in [0.15, 0.2) is 54.7 Å². The molecule has 0 aliphatic carbocycles. The van der Waals surface area contributed by atoms with Crippen molar-refractivity contribution in [1.29, 1.82) is 0 Å². The Hall–Kier alpha value is -3.15. The summed E-state index contributed by atoms with van der Waals surface area (Å²) in [7, 11) is 0. The van der Waals surface area contributed by atoms with E-state index in [4.69, 9.17) is 0 Å². The van der Waals surface area contributed by atoms with E-state index in [2.05, 4.69) is 15.6 Å². The van der Waals surface area contributed by atoms with Gasteiger partial charge in [0.25, 0.3) is 11.8 Å². The van der Waals surface area contributed by atoms with E-state index in [1.807, 2.05) is 50.2 Å². The molecule has 0 atom stereocenters. The van der Waals surface area contributed by atoms with Gasteiger partial charge in [-0.05, 0) is 38.0 Å². The maximum atomic E-state index is 12.6. The van der Waals surface area contributed by atoms with Gasteiger partial charge >= 0.3 is 0 Å². The first-order valence-corrected chi connectivity index (χ1v) is 8.66. The van der Waals surface area contributed by atoms with Gasteiger partial charge in [-0.3, -0.25) is 14.0 Å². The lowest BCUT2D eigenvalue weighted by atomic mass is 10.1. The molecular formula is C20H22N4O2. The number of pyridine rings is 1. The summed E-state index contributed by atoms with van der Waals surface area (Å²) in [6.07, 6.45) is 2.47. The first-order valence-electron chi connectivity index (χ1n) is 8.66. The summed E-state index contributed by atoms with van der Waals surface area (Å²) in [6, 6.07) is 15.3. The molecule has 0 fully saturated rings. The van der Waals surface area contributed by atoms with Crippen LogP contribution >= 0.6 is 0 Å². The molecule has 0 saturated heterocycles. The lowest BCUT2D eigenvalue weighted by Gasteiger charge is -2.06. The number of carbonyl (C=O) groups is 2. The van der Waals surface area contributed by atoms with Crippen LogP contribution in [0.3, 0.4) is 0 Å². The van der Waals surface area contributed by atoms with Gasteiger partial charge in [-0.25, -0.2) is 4.98 Å². The monoisotopic (exact) mass is 350 g/mol. The molecule has 134 valence electrons. The smallest absolute Gasteiger partial charge is 0.287 e. The van der Waals surface area contributed by atoms with Crippen LogP contribution in [0, 0.1) is 0 Å². The van der Waals surface area contributed by atoms with Crippen molar-refractivity contribution in [1.82, 2.24) is 20.0 Å². The minimum Gasteiger partial charge on any atom is -0.349 e. The zero-order valence-corrected chi connectivity index (χ0v) is 14.9. The number of hydrogen-bond acceptors (Lipinski definition) is 3. The first-order chi connectivity index (χ1) is 12.6. The maximum Gasteiger partial charge on any atom is 0.287 e. The number of amides is 2. The number of carbonyl (C=O) groups excluding carboxylic acids is 2. The van der Waals surface area contributed by atoms with Gasteiger partial charge in [0, 0.05) is 18.8 Å². The SMILES string of the molecule is CC(C)NC(=O)c1nc(C(=O)NCCc2ccccc2)n2ccccc12. The van der Waals surface area contributed by atoms with Crippen molar-refractivity contribution in [2.75, 3.05) is 6.54 Å². The second-order valence-corrected chi connectivity index (χ2v) is 6.36. The summed E-state index contributed by atoms with van der Waals surface area (Å²) in [5.41, 5.74) is 2.02. The van der Waals surface area contributed by atoms with Crippen LogP contribution in [0.5, 0.6) is 0 Å². The van der Waals surface area contributed by atoms with Gasteiger partial charge in [0.1, 0.15) is 0 Å². The third-order valence-electron chi connectivity index (χ3n) is 3.93. The molecule has 0 aliphatic heterocycles. The predicted octanol–water partition coefficient (Wildman–Crippen LogP) is 2.44. The Bertz CT molecular complexity index is 916. The fraction of sp³-hybridized carbons (Fsp3) is 0.250. The third-order valence-corrected chi connectivity index (χ3v) is 3.93. The molecular weight excluding hydrogens is 328 g/mol.